The van der Waals surface area contributed by atoms with E-state index >= 15 is 0 Å². The van der Waals surface area contributed by atoms with Crippen LogP contribution in [-0.2, 0) is 13.5 Å². The van der Waals surface area contributed by atoms with Crippen molar-refractivity contribution in [2.75, 3.05) is 37.6 Å². The summed E-state index contributed by atoms with van der Waals surface area (Å²) >= 11 is 0. The van der Waals surface area contributed by atoms with Crippen LogP contribution in [0.1, 0.15) is 33.1 Å². The Morgan fingerprint density at radius 2 is 1.86 bits per heavy atom. The van der Waals surface area contributed by atoms with E-state index in [1.165, 1.54) is 5.57 Å². The number of hydrogen-bond acceptors (Lipinski definition) is 8. The molecule has 0 radical (unpaired) electrons. The minimum Gasteiger partial charge on any atom is -0.419 e. The molecule has 1 saturated heterocycles. The molecule has 0 N–H and O–H groups in total. The number of imidazole rings is 1. The molecule has 1 aliphatic heterocycles. The maximum Gasteiger partial charge on any atom is 0.265 e. The summed E-state index contributed by atoms with van der Waals surface area (Å²) in [7, 11) is 1.93. The number of hydrogen-bond donors (Lipinski definition) is 0. The Balaban J connectivity index is 1.22. The standard InChI is InChI=1S/C26H36N8O/c1-18(2)22-13-20(14-24-30-31-25(35-24)23-15-27-17-32(23)4)19(3)12-21(22)16-33-8-10-34(11-9-33)26-28-6-5-7-29-26/h5-7,12,15,17-18,20-22H,8-11,13-14,16H2,1-4H3. The predicted octanol–water partition coefficient (Wildman–Crippen LogP) is 3.48. The van der Waals surface area contributed by atoms with Crippen molar-refractivity contribution < 1.29 is 4.42 Å². The Labute approximate surface area is 207 Å². The summed E-state index contributed by atoms with van der Waals surface area (Å²) in [5, 5.41) is 8.62. The molecule has 1 fully saturated rings. The Bertz CT molecular complexity index is 1130. The van der Waals surface area contributed by atoms with Crippen LogP contribution in [0.5, 0.6) is 0 Å². The summed E-state index contributed by atoms with van der Waals surface area (Å²) in [5.74, 6) is 4.35. The van der Waals surface area contributed by atoms with E-state index in [2.05, 4.69) is 61.8 Å². The fraction of sp³-hybridized carbons (Fsp3) is 0.577. The molecule has 9 heteroatoms. The molecule has 2 aliphatic rings. The predicted molar refractivity (Wildman–Crippen MR) is 135 cm³/mol. The lowest BCUT2D eigenvalue weighted by molar-refractivity contribution is 0.154. The van der Waals surface area contributed by atoms with Gasteiger partial charge in [0.1, 0.15) is 5.69 Å². The van der Waals surface area contributed by atoms with Crippen molar-refractivity contribution in [3.05, 3.63) is 48.5 Å². The molecule has 3 unspecified atom stereocenters. The van der Waals surface area contributed by atoms with E-state index in [4.69, 9.17) is 4.42 Å². The first-order chi connectivity index (χ1) is 17.0. The summed E-state index contributed by atoms with van der Waals surface area (Å²) in [6.45, 7) is 12.2. The number of aryl methyl sites for hydroxylation is 1. The smallest absolute Gasteiger partial charge is 0.265 e. The molecule has 9 nitrogen and oxygen atoms in total. The lowest BCUT2D eigenvalue weighted by atomic mass is 9.69. The molecule has 0 aromatic carbocycles. The number of aromatic nitrogens is 6. The maximum absolute atomic E-state index is 6.02. The highest BCUT2D eigenvalue weighted by atomic mass is 16.4. The number of anilines is 1. The molecule has 3 aromatic heterocycles. The van der Waals surface area contributed by atoms with Crippen molar-refractivity contribution in [2.45, 2.75) is 33.6 Å². The van der Waals surface area contributed by atoms with E-state index in [0.29, 0.717) is 35.5 Å². The summed E-state index contributed by atoms with van der Waals surface area (Å²) < 4.78 is 7.92. The van der Waals surface area contributed by atoms with E-state index in [1.807, 2.05) is 30.1 Å². The van der Waals surface area contributed by atoms with Gasteiger partial charge in [0.15, 0.2) is 0 Å². The van der Waals surface area contributed by atoms with Gasteiger partial charge in [0.25, 0.3) is 5.89 Å². The molecular weight excluding hydrogens is 440 g/mol. The lowest BCUT2D eigenvalue weighted by Crippen LogP contribution is -2.49. The van der Waals surface area contributed by atoms with E-state index in [9.17, 15) is 0 Å². The van der Waals surface area contributed by atoms with Gasteiger partial charge in [-0.05, 0) is 43.1 Å². The van der Waals surface area contributed by atoms with Crippen LogP contribution < -0.4 is 4.90 Å². The Morgan fingerprint density at radius 3 is 2.54 bits per heavy atom. The van der Waals surface area contributed by atoms with Gasteiger partial charge < -0.3 is 13.9 Å². The molecule has 0 amide bonds. The summed E-state index contributed by atoms with van der Waals surface area (Å²) in [5.41, 5.74) is 2.29. The first-order valence-corrected chi connectivity index (χ1v) is 12.7. The van der Waals surface area contributed by atoms with E-state index in [1.54, 1.807) is 12.5 Å². The molecular formula is C26H36N8O. The second-order valence-electron chi connectivity index (χ2n) is 10.3. The SMILES string of the molecule is CC1=CC(CN2CCN(c3ncccn3)CC2)C(C(C)C)CC1Cc1nnc(-c2cncn2C)o1. The Morgan fingerprint density at radius 1 is 1.09 bits per heavy atom. The van der Waals surface area contributed by atoms with Crippen LogP contribution in [0.4, 0.5) is 5.95 Å². The molecule has 1 aliphatic carbocycles. The number of nitrogens with zero attached hydrogens (tertiary/aromatic N) is 8. The third kappa shape index (κ3) is 5.29. The van der Waals surface area contributed by atoms with Crippen molar-refractivity contribution in [1.82, 2.24) is 34.6 Å². The zero-order valence-electron chi connectivity index (χ0n) is 21.2. The normalized spacial score (nSPS) is 23.6. The van der Waals surface area contributed by atoms with Crippen molar-refractivity contribution in [2.24, 2.45) is 30.7 Å². The summed E-state index contributed by atoms with van der Waals surface area (Å²) in [6, 6.07) is 1.87. The van der Waals surface area contributed by atoms with Gasteiger partial charge in [0.2, 0.25) is 11.8 Å². The zero-order valence-corrected chi connectivity index (χ0v) is 21.2. The molecule has 3 atom stereocenters. The molecule has 0 bridgehead atoms. The van der Waals surface area contributed by atoms with Gasteiger partial charge in [0, 0.05) is 58.6 Å². The minimum atomic E-state index is 0.436. The quantitative estimate of drug-likeness (QED) is 0.479. The van der Waals surface area contributed by atoms with Crippen LogP contribution in [0.25, 0.3) is 11.6 Å². The van der Waals surface area contributed by atoms with Crippen LogP contribution >= 0.6 is 0 Å². The molecule has 186 valence electrons. The second-order valence-corrected chi connectivity index (χ2v) is 10.3. The van der Waals surface area contributed by atoms with E-state index in [-0.39, 0.29) is 0 Å². The number of piperazine rings is 1. The van der Waals surface area contributed by atoms with Crippen molar-refractivity contribution in [3.63, 3.8) is 0 Å². The zero-order chi connectivity index (χ0) is 24.4. The average Bonchev–Trinajstić information content (AvgIpc) is 3.50. The molecule has 5 rings (SSSR count). The van der Waals surface area contributed by atoms with Crippen molar-refractivity contribution >= 4 is 5.95 Å². The van der Waals surface area contributed by atoms with Crippen LogP contribution in [-0.4, -0.2) is 67.3 Å². The largest absolute Gasteiger partial charge is 0.419 e. The first-order valence-electron chi connectivity index (χ1n) is 12.7. The number of rotatable bonds is 7. The van der Waals surface area contributed by atoms with Gasteiger partial charge in [-0.25, -0.2) is 15.0 Å². The Hall–Kier alpha value is -3.07. The van der Waals surface area contributed by atoms with Crippen LogP contribution in [0.3, 0.4) is 0 Å². The van der Waals surface area contributed by atoms with Crippen LogP contribution in [0, 0.1) is 23.7 Å². The van der Waals surface area contributed by atoms with Gasteiger partial charge in [-0.1, -0.05) is 25.5 Å². The average molecular weight is 477 g/mol. The van der Waals surface area contributed by atoms with Crippen LogP contribution in [0.15, 0.2) is 47.1 Å². The number of allylic oxidation sites excluding steroid dienone is 1. The van der Waals surface area contributed by atoms with Crippen molar-refractivity contribution in [3.8, 4) is 11.6 Å². The Kier molecular flexibility index (Phi) is 6.95. The topological polar surface area (TPSA) is 89.0 Å². The van der Waals surface area contributed by atoms with Crippen LogP contribution in [0.2, 0.25) is 0 Å². The maximum atomic E-state index is 6.02. The van der Waals surface area contributed by atoms with Gasteiger partial charge >= 0.3 is 0 Å². The van der Waals surface area contributed by atoms with E-state index in [0.717, 1.165) is 57.2 Å². The monoisotopic (exact) mass is 476 g/mol. The molecule has 0 saturated carbocycles. The van der Waals surface area contributed by atoms with Gasteiger partial charge in [-0.3, -0.25) is 4.90 Å². The third-order valence-corrected chi connectivity index (χ3v) is 7.68. The molecule has 3 aromatic rings. The van der Waals surface area contributed by atoms with Gasteiger partial charge in [-0.15, -0.1) is 10.2 Å². The highest BCUT2D eigenvalue weighted by molar-refractivity contribution is 5.44. The van der Waals surface area contributed by atoms with Gasteiger partial charge in [-0.2, -0.15) is 0 Å². The lowest BCUT2D eigenvalue weighted by Gasteiger charge is -2.41. The fourth-order valence-corrected chi connectivity index (χ4v) is 5.58. The summed E-state index contributed by atoms with van der Waals surface area (Å²) in [6.07, 6.45) is 11.6. The second kappa shape index (κ2) is 10.3. The third-order valence-electron chi connectivity index (χ3n) is 7.68. The van der Waals surface area contributed by atoms with E-state index < -0.39 is 0 Å². The molecule has 35 heavy (non-hydrogen) atoms. The first kappa shape index (κ1) is 23.7. The minimum absolute atomic E-state index is 0.436. The van der Waals surface area contributed by atoms with Gasteiger partial charge in [0.05, 0.1) is 12.5 Å². The fourth-order valence-electron chi connectivity index (χ4n) is 5.58. The summed E-state index contributed by atoms with van der Waals surface area (Å²) in [4.78, 5) is 17.9. The highest BCUT2D eigenvalue weighted by Crippen LogP contribution is 2.39. The highest BCUT2D eigenvalue weighted by Gasteiger charge is 2.34. The van der Waals surface area contributed by atoms with Crippen molar-refractivity contribution in [1.29, 1.82) is 0 Å². The molecule has 0 spiro atoms. The molecule has 4 heterocycles.